The highest BCUT2D eigenvalue weighted by Crippen LogP contribution is 2.32. The van der Waals surface area contributed by atoms with Crippen molar-refractivity contribution in [3.8, 4) is 0 Å². The summed E-state index contributed by atoms with van der Waals surface area (Å²) in [6, 6.07) is 5.25. The molecule has 0 aromatic carbocycles. The molecule has 0 saturated carbocycles. The molecular formula is C17H15F3N6O2. The lowest BCUT2D eigenvalue weighted by Crippen LogP contribution is -2.35. The highest BCUT2D eigenvalue weighted by Gasteiger charge is 2.32. The fraction of sp³-hybridized carbons (Fsp3) is 0.353. The van der Waals surface area contributed by atoms with Gasteiger partial charge >= 0.3 is 6.18 Å². The Morgan fingerprint density at radius 3 is 2.68 bits per heavy atom. The van der Waals surface area contributed by atoms with Gasteiger partial charge < -0.3 is 4.90 Å². The Labute approximate surface area is 156 Å². The van der Waals surface area contributed by atoms with E-state index in [1.165, 1.54) is 22.7 Å². The predicted molar refractivity (Wildman–Crippen MR) is 93.1 cm³/mol. The molecule has 28 heavy (non-hydrogen) atoms. The van der Waals surface area contributed by atoms with E-state index in [9.17, 15) is 23.3 Å². The molecule has 0 aliphatic carbocycles. The molecule has 0 spiro atoms. The molecule has 11 heteroatoms. The molecule has 0 radical (unpaired) electrons. The smallest absolute Gasteiger partial charge is 0.356 e. The van der Waals surface area contributed by atoms with Crippen LogP contribution >= 0.6 is 0 Å². The maximum absolute atomic E-state index is 13.1. The molecule has 8 nitrogen and oxygen atoms in total. The van der Waals surface area contributed by atoms with Crippen LogP contribution in [0.5, 0.6) is 0 Å². The lowest BCUT2D eigenvalue weighted by molar-refractivity contribution is -0.385. The summed E-state index contributed by atoms with van der Waals surface area (Å²) in [6.45, 7) is 1.19. The summed E-state index contributed by atoms with van der Waals surface area (Å²) in [5.74, 6) is 0.914. The van der Waals surface area contributed by atoms with Gasteiger partial charge in [-0.05, 0) is 31.0 Å². The summed E-state index contributed by atoms with van der Waals surface area (Å²) < 4.78 is 40.5. The minimum absolute atomic E-state index is 0.0968. The molecule has 1 atom stereocenters. The first kappa shape index (κ1) is 18.1. The van der Waals surface area contributed by atoms with Crippen LogP contribution < -0.4 is 4.90 Å². The van der Waals surface area contributed by atoms with E-state index >= 15 is 0 Å². The molecule has 1 fully saturated rings. The van der Waals surface area contributed by atoms with E-state index in [1.54, 1.807) is 6.07 Å². The molecule has 4 heterocycles. The summed E-state index contributed by atoms with van der Waals surface area (Å²) in [5.41, 5.74) is -0.500. The third-order valence-electron chi connectivity index (χ3n) is 4.81. The predicted octanol–water partition coefficient (Wildman–Crippen LogP) is 3.44. The second-order valence-corrected chi connectivity index (χ2v) is 6.62. The zero-order chi connectivity index (χ0) is 19.9. The van der Waals surface area contributed by atoms with Crippen molar-refractivity contribution >= 4 is 17.2 Å². The number of pyridine rings is 2. The van der Waals surface area contributed by atoms with E-state index in [1.807, 2.05) is 4.90 Å². The summed E-state index contributed by atoms with van der Waals surface area (Å²) in [5, 5.41) is 18.9. The first-order chi connectivity index (χ1) is 13.3. The maximum Gasteiger partial charge on any atom is 0.417 e. The van der Waals surface area contributed by atoms with Crippen LogP contribution in [0.25, 0.3) is 5.65 Å². The van der Waals surface area contributed by atoms with Crippen molar-refractivity contribution in [2.24, 2.45) is 0 Å². The number of rotatable bonds is 3. The molecule has 0 N–H and O–H groups in total. The largest absolute Gasteiger partial charge is 0.417 e. The van der Waals surface area contributed by atoms with Gasteiger partial charge in [-0.1, -0.05) is 0 Å². The number of anilines is 1. The van der Waals surface area contributed by atoms with Crippen LogP contribution in [0.1, 0.15) is 30.1 Å². The first-order valence-corrected chi connectivity index (χ1v) is 8.60. The maximum atomic E-state index is 13.1. The SMILES string of the molecule is O=[N+]([O-])c1ccc(N2CCCC(c3nnc4ccc(C(F)(F)F)cn34)C2)nc1. The Kier molecular flexibility index (Phi) is 4.36. The molecule has 146 valence electrons. The van der Waals surface area contributed by atoms with Crippen LogP contribution in [-0.4, -0.2) is 37.6 Å². The molecule has 0 bridgehead atoms. The summed E-state index contributed by atoms with van der Waals surface area (Å²) in [7, 11) is 0. The Bertz CT molecular complexity index is 1020. The van der Waals surface area contributed by atoms with Crippen molar-refractivity contribution in [2.75, 3.05) is 18.0 Å². The average molecular weight is 392 g/mol. The summed E-state index contributed by atoms with van der Waals surface area (Å²) in [6.07, 6.45) is -0.691. The minimum atomic E-state index is -4.45. The zero-order valence-electron chi connectivity index (χ0n) is 14.5. The lowest BCUT2D eigenvalue weighted by Gasteiger charge is -2.32. The lowest BCUT2D eigenvalue weighted by atomic mass is 9.97. The fourth-order valence-electron chi connectivity index (χ4n) is 3.42. The van der Waals surface area contributed by atoms with E-state index in [0.717, 1.165) is 25.1 Å². The second-order valence-electron chi connectivity index (χ2n) is 6.62. The third kappa shape index (κ3) is 3.35. The van der Waals surface area contributed by atoms with Gasteiger partial charge in [-0.15, -0.1) is 10.2 Å². The van der Waals surface area contributed by atoms with Gasteiger partial charge in [-0.25, -0.2) is 4.98 Å². The monoisotopic (exact) mass is 392 g/mol. The van der Waals surface area contributed by atoms with Crippen molar-refractivity contribution in [3.05, 3.63) is 58.2 Å². The quantitative estimate of drug-likeness (QED) is 0.501. The Morgan fingerprint density at radius 2 is 2.00 bits per heavy atom. The fourth-order valence-corrected chi connectivity index (χ4v) is 3.42. The Balaban J connectivity index is 1.61. The highest BCUT2D eigenvalue weighted by molar-refractivity contribution is 5.45. The molecule has 4 rings (SSSR count). The molecule has 1 aliphatic rings. The van der Waals surface area contributed by atoms with Gasteiger partial charge in [0.15, 0.2) is 5.65 Å². The molecule has 1 unspecified atom stereocenters. The van der Waals surface area contributed by atoms with E-state index in [2.05, 4.69) is 15.2 Å². The molecular weight excluding hydrogens is 377 g/mol. The third-order valence-corrected chi connectivity index (χ3v) is 4.81. The molecule has 3 aromatic rings. The number of nitrogens with zero attached hydrogens (tertiary/aromatic N) is 6. The molecule has 3 aromatic heterocycles. The van der Waals surface area contributed by atoms with Crippen LogP contribution in [0.15, 0.2) is 36.7 Å². The van der Waals surface area contributed by atoms with Crippen molar-refractivity contribution < 1.29 is 18.1 Å². The average Bonchev–Trinajstić information content (AvgIpc) is 3.11. The van der Waals surface area contributed by atoms with Crippen molar-refractivity contribution in [3.63, 3.8) is 0 Å². The van der Waals surface area contributed by atoms with Crippen LogP contribution in [0, 0.1) is 10.1 Å². The zero-order valence-corrected chi connectivity index (χ0v) is 14.5. The number of hydrogen-bond acceptors (Lipinski definition) is 6. The van der Waals surface area contributed by atoms with E-state index < -0.39 is 16.7 Å². The van der Waals surface area contributed by atoms with E-state index in [-0.39, 0.29) is 11.6 Å². The summed E-state index contributed by atoms with van der Waals surface area (Å²) in [4.78, 5) is 16.3. The van der Waals surface area contributed by atoms with Crippen molar-refractivity contribution in [2.45, 2.75) is 24.9 Å². The normalized spacial score (nSPS) is 17.8. The van der Waals surface area contributed by atoms with Gasteiger partial charge in [-0.3, -0.25) is 14.5 Å². The summed E-state index contributed by atoms with van der Waals surface area (Å²) >= 11 is 0. The Morgan fingerprint density at radius 1 is 1.18 bits per heavy atom. The number of aromatic nitrogens is 4. The van der Waals surface area contributed by atoms with Gasteiger partial charge in [0, 0.05) is 31.3 Å². The number of fused-ring (bicyclic) bond motifs is 1. The van der Waals surface area contributed by atoms with Crippen LogP contribution in [0.2, 0.25) is 0 Å². The van der Waals surface area contributed by atoms with Crippen LogP contribution in [0.4, 0.5) is 24.7 Å². The molecule has 0 amide bonds. The van der Waals surface area contributed by atoms with Gasteiger partial charge in [0.25, 0.3) is 5.69 Å². The number of nitro groups is 1. The van der Waals surface area contributed by atoms with Gasteiger partial charge in [-0.2, -0.15) is 13.2 Å². The minimum Gasteiger partial charge on any atom is -0.356 e. The number of halogens is 3. The topological polar surface area (TPSA) is 89.5 Å². The van der Waals surface area contributed by atoms with E-state index in [4.69, 9.17) is 0 Å². The van der Waals surface area contributed by atoms with Crippen molar-refractivity contribution in [1.29, 1.82) is 0 Å². The molecule has 1 saturated heterocycles. The van der Waals surface area contributed by atoms with Gasteiger partial charge in [0.1, 0.15) is 17.8 Å². The van der Waals surface area contributed by atoms with Gasteiger partial charge in [0.2, 0.25) is 0 Å². The standard InChI is InChI=1S/C17H15F3N6O2/c18-17(19,20)12-3-5-15-22-23-16(25(15)10-12)11-2-1-7-24(9-11)14-6-4-13(8-21-14)26(27)28/h3-6,8,10-11H,1-2,7,9H2. The second kappa shape index (κ2) is 6.73. The van der Waals surface area contributed by atoms with Crippen LogP contribution in [0.3, 0.4) is 0 Å². The Hall–Kier alpha value is -3.24. The highest BCUT2D eigenvalue weighted by atomic mass is 19.4. The van der Waals surface area contributed by atoms with E-state index in [0.29, 0.717) is 30.4 Å². The van der Waals surface area contributed by atoms with Crippen LogP contribution in [-0.2, 0) is 6.18 Å². The molecule has 1 aliphatic heterocycles. The first-order valence-electron chi connectivity index (χ1n) is 8.60. The van der Waals surface area contributed by atoms with Crippen molar-refractivity contribution in [1.82, 2.24) is 19.6 Å². The number of piperidine rings is 1. The van der Waals surface area contributed by atoms with Gasteiger partial charge in [0.05, 0.1) is 10.5 Å². The number of hydrogen-bond donors (Lipinski definition) is 0. The number of alkyl halides is 3.